The Kier molecular flexibility index (Phi) is 5.71. The minimum atomic E-state index is -1.26. The van der Waals surface area contributed by atoms with Crippen molar-refractivity contribution in [3.63, 3.8) is 0 Å². The molecule has 5 heteroatoms. The van der Waals surface area contributed by atoms with Crippen LogP contribution < -0.4 is 9.84 Å². The molecule has 30 heavy (non-hydrogen) atoms. The fourth-order valence-electron chi connectivity index (χ4n) is 2.97. The van der Waals surface area contributed by atoms with Gasteiger partial charge in [0.05, 0.1) is 5.97 Å². The number of aliphatic carboxylic acids is 1. The second-order valence-electron chi connectivity index (χ2n) is 6.52. The van der Waals surface area contributed by atoms with E-state index in [1.165, 1.54) is 0 Å². The highest BCUT2D eigenvalue weighted by Gasteiger charge is 2.15. The molecule has 0 unspecified atom stereocenters. The van der Waals surface area contributed by atoms with E-state index in [-0.39, 0.29) is 0 Å². The molecular formula is C25H18NO4-. The molecule has 0 aliphatic rings. The van der Waals surface area contributed by atoms with E-state index >= 15 is 0 Å². The van der Waals surface area contributed by atoms with E-state index in [1.807, 2.05) is 78.9 Å². The van der Waals surface area contributed by atoms with Crippen LogP contribution in [0.5, 0.6) is 5.75 Å². The van der Waals surface area contributed by atoms with Gasteiger partial charge in [-0.05, 0) is 23.8 Å². The Morgan fingerprint density at radius 2 is 1.50 bits per heavy atom. The summed E-state index contributed by atoms with van der Waals surface area (Å²) in [6.45, 7) is -0.476. The van der Waals surface area contributed by atoms with E-state index in [2.05, 4.69) is 4.98 Å². The minimum Gasteiger partial charge on any atom is -0.546 e. The highest BCUT2D eigenvalue weighted by Crippen LogP contribution is 2.33. The van der Waals surface area contributed by atoms with Gasteiger partial charge in [-0.2, -0.15) is 0 Å². The Hall–Kier alpha value is -4.12. The van der Waals surface area contributed by atoms with Crippen LogP contribution in [0.2, 0.25) is 0 Å². The molecule has 0 fully saturated rings. The molecule has 148 valence electrons. The first-order valence-corrected chi connectivity index (χ1v) is 9.41. The number of hydrogen-bond acceptors (Lipinski definition) is 5. The summed E-state index contributed by atoms with van der Waals surface area (Å²) in [5.41, 5.74) is 3.62. The number of hydrogen-bond donors (Lipinski definition) is 0. The Morgan fingerprint density at radius 1 is 0.867 bits per heavy atom. The molecule has 4 rings (SSSR count). The lowest BCUT2D eigenvalue weighted by molar-refractivity contribution is -0.307. The predicted molar refractivity (Wildman–Crippen MR) is 113 cm³/mol. The maximum Gasteiger partial charge on any atom is 0.220 e. The number of aromatic nitrogens is 1. The molecule has 4 aromatic rings. The second-order valence-corrected chi connectivity index (χ2v) is 6.52. The third kappa shape index (κ3) is 4.64. The van der Waals surface area contributed by atoms with Gasteiger partial charge < -0.3 is 19.1 Å². The summed E-state index contributed by atoms with van der Waals surface area (Å²) >= 11 is 0. The molecule has 0 N–H and O–H groups in total. The van der Waals surface area contributed by atoms with E-state index in [1.54, 1.807) is 18.2 Å². The summed E-state index contributed by atoms with van der Waals surface area (Å²) in [7, 11) is 0. The number of nitrogens with zero attached hydrogens (tertiary/aromatic N) is 1. The van der Waals surface area contributed by atoms with Gasteiger partial charge in [0.25, 0.3) is 0 Å². The molecule has 5 nitrogen and oxygen atoms in total. The number of carboxylic acids is 1. The van der Waals surface area contributed by atoms with Crippen LogP contribution in [-0.4, -0.2) is 17.6 Å². The molecule has 1 heterocycles. The van der Waals surface area contributed by atoms with Gasteiger partial charge in [0.15, 0.2) is 5.76 Å². The first-order chi connectivity index (χ1) is 14.7. The third-order valence-corrected chi connectivity index (χ3v) is 4.38. The number of carbonyl (C=O) groups excluding carboxylic acids is 1. The van der Waals surface area contributed by atoms with Crippen LogP contribution in [-0.2, 0) is 4.79 Å². The fraction of sp³-hybridized carbons (Fsp3) is 0.0400. The highest BCUT2D eigenvalue weighted by molar-refractivity contribution is 5.78. The highest BCUT2D eigenvalue weighted by atomic mass is 16.5. The normalized spacial score (nSPS) is 10.9. The van der Waals surface area contributed by atoms with Crippen LogP contribution in [0.4, 0.5) is 0 Å². The molecule has 0 spiro atoms. The Morgan fingerprint density at radius 3 is 2.13 bits per heavy atom. The van der Waals surface area contributed by atoms with Crippen molar-refractivity contribution < 1.29 is 19.1 Å². The number of oxazole rings is 1. The zero-order chi connectivity index (χ0) is 20.8. The molecular weight excluding hydrogens is 378 g/mol. The van der Waals surface area contributed by atoms with Crippen LogP contribution in [0.15, 0.2) is 89.3 Å². The molecule has 0 saturated carbocycles. The van der Waals surface area contributed by atoms with Crippen molar-refractivity contribution in [1.82, 2.24) is 4.98 Å². The zero-order valence-corrected chi connectivity index (χ0v) is 16.0. The third-order valence-electron chi connectivity index (χ3n) is 4.38. The average molecular weight is 396 g/mol. The van der Waals surface area contributed by atoms with Gasteiger partial charge in [0, 0.05) is 17.2 Å². The van der Waals surface area contributed by atoms with Crippen LogP contribution in [0.25, 0.3) is 34.7 Å². The smallest absolute Gasteiger partial charge is 0.220 e. The molecule has 0 aliphatic heterocycles. The van der Waals surface area contributed by atoms with Crippen molar-refractivity contribution in [1.29, 1.82) is 0 Å². The monoisotopic (exact) mass is 396 g/mol. The first-order valence-electron chi connectivity index (χ1n) is 9.41. The predicted octanol–water partition coefficient (Wildman–Crippen LogP) is 4.31. The second kappa shape index (κ2) is 8.92. The Labute approximate surface area is 173 Å². The van der Waals surface area contributed by atoms with Crippen molar-refractivity contribution in [2.75, 3.05) is 6.61 Å². The van der Waals surface area contributed by atoms with Gasteiger partial charge in [0.2, 0.25) is 5.89 Å². The first kappa shape index (κ1) is 19.2. The average Bonchev–Trinajstić information content (AvgIpc) is 3.22. The molecule has 0 bridgehead atoms. The van der Waals surface area contributed by atoms with Crippen LogP contribution >= 0.6 is 0 Å². The molecule has 1 aromatic heterocycles. The van der Waals surface area contributed by atoms with E-state index in [4.69, 9.17) is 9.15 Å². The largest absolute Gasteiger partial charge is 0.546 e. The Balaban J connectivity index is 1.60. The van der Waals surface area contributed by atoms with Crippen LogP contribution in [0, 0.1) is 0 Å². The maximum atomic E-state index is 10.5. The molecule has 0 radical (unpaired) electrons. The van der Waals surface area contributed by atoms with Gasteiger partial charge in [-0.15, -0.1) is 0 Å². The van der Waals surface area contributed by atoms with Gasteiger partial charge in [-0.1, -0.05) is 72.8 Å². The lowest BCUT2D eigenvalue weighted by Crippen LogP contribution is -2.28. The van der Waals surface area contributed by atoms with Crippen LogP contribution in [0.3, 0.4) is 0 Å². The van der Waals surface area contributed by atoms with Gasteiger partial charge >= 0.3 is 0 Å². The molecule has 3 aromatic carbocycles. The van der Waals surface area contributed by atoms with E-state index in [0.717, 1.165) is 22.4 Å². The van der Waals surface area contributed by atoms with Crippen LogP contribution in [0.1, 0.15) is 11.5 Å². The van der Waals surface area contributed by atoms with Crippen molar-refractivity contribution in [2.24, 2.45) is 0 Å². The summed E-state index contributed by atoms with van der Waals surface area (Å²) in [5, 5.41) is 10.5. The molecule has 0 atom stereocenters. The lowest BCUT2D eigenvalue weighted by Gasteiger charge is -2.06. The number of carboxylic acid groups (broad SMARTS) is 1. The van der Waals surface area contributed by atoms with Gasteiger partial charge in [-0.25, -0.2) is 4.98 Å². The summed E-state index contributed by atoms with van der Waals surface area (Å²) in [6.07, 6.45) is 3.67. The van der Waals surface area contributed by atoms with Crippen molar-refractivity contribution in [3.05, 3.63) is 96.4 Å². The Bertz CT molecular complexity index is 1090. The summed E-state index contributed by atoms with van der Waals surface area (Å²) in [6, 6.07) is 26.8. The topological polar surface area (TPSA) is 75.4 Å². The maximum absolute atomic E-state index is 10.5. The number of ether oxygens (including phenoxy) is 1. The van der Waals surface area contributed by atoms with Gasteiger partial charge in [-0.3, -0.25) is 0 Å². The zero-order valence-electron chi connectivity index (χ0n) is 16.0. The standard InChI is InChI=1S/C25H19NO4/c27-23(28)17-29-21-14-11-18(12-15-21)13-16-22-26-24(19-7-3-1-4-8-19)25(30-22)20-9-5-2-6-10-20/h1-16H,17H2,(H,27,28)/p-1/b16-13+. The van der Waals surface area contributed by atoms with E-state index < -0.39 is 12.6 Å². The lowest BCUT2D eigenvalue weighted by atomic mass is 10.1. The number of rotatable bonds is 7. The van der Waals surface area contributed by atoms with Crippen molar-refractivity contribution >= 4 is 18.1 Å². The number of benzene rings is 3. The molecule has 0 saturated heterocycles. The fourth-order valence-corrected chi connectivity index (χ4v) is 2.97. The molecule has 0 aliphatic carbocycles. The quantitative estimate of drug-likeness (QED) is 0.465. The number of carbonyl (C=O) groups is 1. The van der Waals surface area contributed by atoms with Crippen molar-refractivity contribution in [3.8, 4) is 28.3 Å². The van der Waals surface area contributed by atoms with Gasteiger partial charge in [0.1, 0.15) is 18.1 Å². The van der Waals surface area contributed by atoms with E-state index in [0.29, 0.717) is 17.4 Å². The molecule has 0 amide bonds. The summed E-state index contributed by atoms with van der Waals surface area (Å²) in [4.78, 5) is 15.2. The summed E-state index contributed by atoms with van der Waals surface area (Å²) < 4.78 is 11.2. The summed E-state index contributed by atoms with van der Waals surface area (Å²) in [5.74, 6) is 0.411. The minimum absolute atomic E-state index is 0.463. The van der Waals surface area contributed by atoms with Crippen molar-refractivity contribution in [2.45, 2.75) is 0 Å². The van der Waals surface area contributed by atoms with E-state index in [9.17, 15) is 9.90 Å². The SMILES string of the molecule is O=C([O-])COc1ccc(/C=C/c2nc(-c3ccccc3)c(-c3ccccc3)o2)cc1.